The van der Waals surface area contributed by atoms with Gasteiger partial charge < -0.3 is 5.11 Å². The number of aliphatic hydroxyl groups excluding tert-OH is 1. The van der Waals surface area contributed by atoms with E-state index in [1.807, 2.05) is 42.5 Å². The van der Waals surface area contributed by atoms with E-state index in [0.29, 0.717) is 5.75 Å². The highest BCUT2D eigenvalue weighted by Crippen LogP contribution is 2.18. The first-order valence-corrected chi connectivity index (χ1v) is 6.54. The predicted molar refractivity (Wildman–Crippen MR) is 66.9 cm³/mol. The molecule has 0 saturated carbocycles. The third-order valence-electron chi connectivity index (χ3n) is 2.38. The maximum absolute atomic E-state index is 11.8. The van der Waals surface area contributed by atoms with Gasteiger partial charge in [0.15, 0.2) is 0 Å². The van der Waals surface area contributed by atoms with Gasteiger partial charge in [-0.15, -0.1) is 0 Å². The van der Waals surface area contributed by atoms with Crippen molar-refractivity contribution in [1.29, 1.82) is 0 Å². The molecular weight excluding hydrogens is 220 g/mol. The Kier molecular flexibility index (Phi) is 3.36. The molecule has 2 rings (SSSR count). The van der Waals surface area contributed by atoms with Crippen LogP contribution < -0.4 is 0 Å². The first-order chi connectivity index (χ1) is 7.66. The van der Waals surface area contributed by atoms with Crippen LogP contribution in [0.25, 0.3) is 10.8 Å². The highest BCUT2D eigenvalue weighted by atomic mass is 32.2. The molecule has 2 atom stereocenters. The minimum absolute atomic E-state index is 0.290. The van der Waals surface area contributed by atoms with Gasteiger partial charge in [-0.2, -0.15) is 0 Å². The summed E-state index contributed by atoms with van der Waals surface area (Å²) in [5.41, 5.74) is 0. The van der Waals surface area contributed by atoms with E-state index in [-0.39, 0.29) is 0 Å². The number of rotatable bonds is 3. The maximum atomic E-state index is 11.8. The molecule has 16 heavy (non-hydrogen) atoms. The summed E-state index contributed by atoms with van der Waals surface area (Å²) in [6.45, 7) is 1.65. The van der Waals surface area contributed by atoms with Crippen molar-refractivity contribution in [3.05, 3.63) is 42.5 Å². The molecule has 3 heteroatoms. The third-order valence-corrected chi connectivity index (χ3v) is 3.94. The van der Waals surface area contributed by atoms with Crippen LogP contribution in [0.15, 0.2) is 47.4 Å². The van der Waals surface area contributed by atoms with Gasteiger partial charge in [-0.05, 0) is 29.8 Å². The lowest BCUT2D eigenvalue weighted by Gasteiger charge is -2.05. The molecule has 1 N–H and O–H groups in total. The molecule has 0 bridgehead atoms. The predicted octanol–water partition coefficient (Wildman–Crippen LogP) is 2.33. The zero-order valence-corrected chi connectivity index (χ0v) is 9.91. The van der Waals surface area contributed by atoms with E-state index in [4.69, 9.17) is 0 Å². The number of aliphatic hydroxyl groups is 1. The van der Waals surface area contributed by atoms with Crippen LogP contribution in [0.1, 0.15) is 6.92 Å². The normalized spacial score (nSPS) is 14.9. The van der Waals surface area contributed by atoms with Crippen LogP contribution in [0.4, 0.5) is 0 Å². The summed E-state index contributed by atoms with van der Waals surface area (Å²) in [5.74, 6) is 0.290. The van der Waals surface area contributed by atoms with Gasteiger partial charge in [0.2, 0.25) is 0 Å². The molecule has 0 fully saturated rings. The summed E-state index contributed by atoms with van der Waals surface area (Å²) in [5, 5.41) is 11.4. The van der Waals surface area contributed by atoms with Crippen LogP contribution in [0.3, 0.4) is 0 Å². The molecule has 0 aliphatic heterocycles. The quantitative estimate of drug-likeness (QED) is 0.885. The van der Waals surface area contributed by atoms with Crippen LogP contribution in [0.2, 0.25) is 0 Å². The van der Waals surface area contributed by atoms with Gasteiger partial charge in [0.05, 0.1) is 22.7 Å². The van der Waals surface area contributed by atoms with Gasteiger partial charge in [-0.25, -0.2) is 0 Å². The standard InChI is InChI=1S/C13H14O2S/c1-10(14)9-16(15)13-7-6-11-4-2-3-5-12(11)8-13/h2-8,10,14H,9H2,1H3/t10-,16?/m0/s1. The Hall–Kier alpha value is -1.19. The molecule has 0 aromatic heterocycles. The first-order valence-electron chi connectivity index (χ1n) is 5.22. The number of hydrogen-bond acceptors (Lipinski definition) is 2. The average molecular weight is 234 g/mol. The van der Waals surface area contributed by atoms with Crippen LogP contribution in [-0.2, 0) is 10.8 Å². The minimum atomic E-state index is -1.12. The van der Waals surface area contributed by atoms with Gasteiger partial charge in [-0.1, -0.05) is 30.3 Å². The summed E-state index contributed by atoms with van der Waals surface area (Å²) in [4.78, 5) is 0.777. The van der Waals surface area contributed by atoms with Crippen molar-refractivity contribution in [2.45, 2.75) is 17.9 Å². The summed E-state index contributed by atoms with van der Waals surface area (Å²) >= 11 is 0. The van der Waals surface area contributed by atoms with Gasteiger partial charge in [0, 0.05) is 4.90 Å². The van der Waals surface area contributed by atoms with Crippen molar-refractivity contribution in [2.75, 3.05) is 5.75 Å². The lowest BCUT2D eigenvalue weighted by atomic mass is 10.1. The van der Waals surface area contributed by atoms with Crippen LogP contribution in [-0.4, -0.2) is 21.2 Å². The second-order valence-electron chi connectivity index (χ2n) is 3.87. The van der Waals surface area contributed by atoms with E-state index in [2.05, 4.69) is 0 Å². The fourth-order valence-electron chi connectivity index (χ4n) is 1.62. The molecule has 2 nitrogen and oxygen atoms in total. The van der Waals surface area contributed by atoms with Crippen molar-refractivity contribution >= 4 is 21.6 Å². The van der Waals surface area contributed by atoms with Crippen LogP contribution in [0.5, 0.6) is 0 Å². The highest BCUT2D eigenvalue weighted by molar-refractivity contribution is 7.85. The van der Waals surface area contributed by atoms with Crippen LogP contribution in [0, 0.1) is 0 Å². The zero-order chi connectivity index (χ0) is 11.5. The Morgan fingerprint density at radius 2 is 1.88 bits per heavy atom. The fourth-order valence-corrected chi connectivity index (χ4v) is 2.73. The monoisotopic (exact) mass is 234 g/mol. The molecule has 2 aromatic rings. The van der Waals surface area contributed by atoms with Crippen molar-refractivity contribution in [3.63, 3.8) is 0 Å². The molecule has 0 saturated heterocycles. The first kappa shape index (κ1) is 11.3. The van der Waals surface area contributed by atoms with E-state index in [1.54, 1.807) is 6.92 Å². The molecule has 0 radical (unpaired) electrons. The molecule has 0 aliphatic carbocycles. The second-order valence-corrected chi connectivity index (χ2v) is 5.37. The Bertz CT molecular complexity index is 520. The van der Waals surface area contributed by atoms with Gasteiger partial charge in [-0.3, -0.25) is 4.21 Å². The zero-order valence-electron chi connectivity index (χ0n) is 9.09. The van der Waals surface area contributed by atoms with Crippen LogP contribution >= 0.6 is 0 Å². The lowest BCUT2D eigenvalue weighted by Crippen LogP contribution is -2.12. The number of hydrogen-bond donors (Lipinski definition) is 1. The molecule has 0 amide bonds. The Labute approximate surface area is 97.4 Å². The SMILES string of the molecule is C[C@H](O)CS(=O)c1ccc2ccccc2c1. The molecule has 0 spiro atoms. The van der Waals surface area contributed by atoms with E-state index in [1.165, 1.54) is 0 Å². The van der Waals surface area contributed by atoms with E-state index in [9.17, 15) is 9.32 Å². The summed E-state index contributed by atoms with van der Waals surface area (Å²) in [7, 11) is -1.12. The fraction of sp³-hybridized carbons (Fsp3) is 0.231. The Morgan fingerprint density at radius 3 is 2.56 bits per heavy atom. The number of fused-ring (bicyclic) bond motifs is 1. The minimum Gasteiger partial charge on any atom is -0.392 e. The molecular formula is C13H14O2S. The Morgan fingerprint density at radius 1 is 1.19 bits per heavy atom. The van der Waals surface area contributed by atoms with Gasteiger partial charge in [0.25, 0.3) is 0 Å². The molecule has 1 unspecified atom stereocenters. The van der Waals surface area contributed by atoms with Crippen molar-refractivity contribution in [2.24, 2.45) is 0 Å². The summed E-state index contributed by atoms with van der Waals surface area (Å²) in [6, 6.07) is 13.7. The smallest absolute Gasteiger partial charge is 0.0630 e. The number of benzene rings is 2. The van der Waals surface area contributed by atoms with Crippen molar-refractivity contribution in [3.8, 4) is 0 Å². The summed E-state index contributed by atoms with van der Waals surface area (Å²) < 4.78 is 11.8. The van der Waals surface area contributed by atoms with E-state index in [0.717, 1.165) is 15.7 Å². The van der Waals surface area contributed by atoms with Gasteiger partial charge >= 0.3 is 0 Å². The summed E-state index contributed by atoms with van der Waals surface area (Å²) in [6.07, 6.45) is -0.535. The average Bonchev–Trinajstić information content (AvgIpc) is 2.27. The second kappa shape index (κ2) is 4.76. The Balaban J connectivity index is 2.35. The topological polar surface area (TPSA) is 37.3 Å². The molecule has 2 aromatic carbocycles. The maximum Gasteiger partial charge on any atom is 0.0630 e. The third kappa shape index (κ3) is 2.49. The molecule has 84 valence electrons. The molecule has 0 aliphatic rings. The van der Waals surface area contributed by atoms with E-state index >= 15 is 0 Å². The lowest BCUT2D eigenvalue weighted by molar-refractivity contribution is 0.219. The molecule has 0 heterocycles. The highest BCUT2D eigenvalue weighted by Gasteiger charge is 2.07. The van der Waals surface area contributed by atoms with E-state index < -0.39 is 16.9 Å². The van der Waals surface area contributed by atoms with Crippen molar-refractivity contribution < 1.29 is 9.32 Å². The van der Waals surface area contributed by atoms with Gasteiger partial charge in [0.1, 0.15) is 0 Å². The largest absolute Gasteiger partial charge is 0.392 e. The van der Waals surface area contributed by atoms with Crippen molar-refractivity contribution in [1.82, 2.24) is 0 Å².